The average molecular weight is 427 g/mol. The largest absolute Gasteiger partial charge is 0.497 e. The third-order valence-corrected chi connectivity index (χ3v) is 5.41. The van der Waals surface area contributed by atoms with E-state index in [0.29, 0.717) is 29.8 Å². The van der Waals surface area contributed by atoms with Gasteiger partial charge in [0, 0.05) is 19.2 Å². The minimum atomic E-state index is -0.300. The summed E-state index contributed by atoms with van der Waals surface area (Å²) in [5.41, 5.74) is 1.07. The summed E-state index contributed by atoms with van der Waals surface area (Å²) >= 11 is 1.37. The Bertz CT molecular complexity index is 962. The van der Waals surface area contributed by atoms with Crippen LogP contribution in [0.3, 0.4) is 0 Å². The zero-order chi connectivity index (χ0) is 21.3. The normalized spacial score (nSPS) is 11.7. The molecule has 1 N–H and O–H groups in total. The van der Waals surface area contributed by atoms with Gasteiger partial charge in [-0.25, -0.2) is 0 Å². The van der Waals surface area contributed by atoms with Gasteiger partial charge >= 0.3 is 0 Å². The molecular formula is C22H26N4O3S. The van der Waals surface area contributed by atoms with Gasteiger partial charge in [-0.3, -0.25) is 4.79 Å². The first-order valence-electron chi connectivity index (χ1n) is 9.78. The van der Waals surface area contributed by atoms with Gasteiger partial charge in [-0.15, -0.1) is 10.2 Å². The molecule has 3 aromatic rings. The predicted molar refractivity (Wildman–Crippen MR) is 117 cm³/mol. The summed E-state index contributed by atoms with van der Waals surface area (Å²) in [5, 5.41) is 12.2. The Labute approximate surface area is 180 Å². The fourth-order valence-corrected chi connectivity index (χ4v) is 3.75. The minimum Gasteiger partial charge on any atom is -0.497 e. The molecule has 1 heterocycles. The van der Waals surface area contributed by atoms with Crippen LogP contribution in [0.2, 0.25) is 0 Å². The summed E-state index contributed by atoms with van der Waals surface area (Å²) < 4.78 is 13.2. The summed E-state index contributed by atoms with van der Waals surface area (Å²) in [6.07, 6.45) is -0.300. The van der Waals surface area contributed by atoms with E-state index in [-0.39, 0.29) is 17.8 Å². The second-order valence-corrected chi connectivity index (χ2v) is 7.52. The minimum absolute atomic E-state index is 0.0447. The van der Waals surface area contributed by atoms with Crippen LogP contribution in [0.25, 0.3) is 0 Å². The number of nitrogens with one attached hydrogen (secondary N) is 1. The molecule has 1 aromatic heterocycles. The smallest absolute Gasteiger partial charge is 0.230 e. The fourth-order valence-electron chi connectivity index (χ4n) is 2.91. The van der Waals surface area contributed by atoms with Crippen LogP contribution < -0.4 is 14.8 Å². The number of amides is 1. The van der Waals surface area contributed by atoms with Crippen LogP contribution in [0.4, 0.5) is 0 Å². The molecule has 8 heteroatoms. The molecule has 1 atom stereocenters. The number of carbonyl (C=O) groups is 1. The Kier molecular flexibility index (Phi) is 7.73. The summed E-state index contributed by atoms with van der Waals surface area (Å²) in [6, 6.07) is 17.3. The lowest BCUT2D eigenvalue weighted by Gasteiger charge is -2.16. The van der Waals surface area contributed by atoms with E-state index in [1.165, 1.54) is 11.8 Å². The second kappa shape index (κ2) is 10.7. The highest BCUT2D eigenvalue weighted by atomic mass is 32.2. The Balaban J connectivity index is 1.58. The molecule has 158 valence electrons. The topological polar surface area (TPSA) is 78.3 Å². The van der Waals surface area contributed by atoms with Crippen molar-refractivity contribution in [1.82, 2.24) is 20.1 Å². The molecule has 3 rings (SSSR count). The van der Waals surface area contributed by atoms with Gasteiger partial charge in [0.2, 0.25) is 5.91 Å². The van der Waals surface area contributed by atoms with Crippen LogP contribution >= 0.6 is 11.8 Å². The number of carbonyl (C=O) groups excluding carboxylic acids is 1. The van der Waals surface area contributed by atoms with Gasteiger partial charge < -0.3 is 19.4 Å². The maximum absolute atomic E-state index is 12.2. The van der Waals surface area contributed by atoms with Crippen molar-refractivity contribution < 1.29 is 14.3 Å². The van der Waals surface area contributed by atoms with E-state index in [1.54, 1.807) is 7.11 Å². The van der Waals surface area contributed by atoms with E-state index in [1.807, 2.05) is 73.0 Å². The van der Waals surface area contributed by atoms with Gasteiger partial charge in [-0.05, 0) is 31.5 Å². The molecule has 0 aliphatic heterocycles. The molecule has 0 fully saturated rings. The van der Waals surface area contributed by atoms with Crippen molar-refractivity contribution in [2.45, 2.75) is 38.2 Å². The van der Waals surface area contributed by atoms with Crippen LogP contribution in [0.1, 0.15) is 31.3 Å². The molecule has 0 aliphatic carbocycles. The van der Waals surface area contributed by atoms with E-state index in [4.69, 9.17) is 9.47 Å². The maximum atomic E-state index is 12.2. The molecule has 30 heavy (non-hydrogen) atoms. The summed E-state index contributed by atoms with van der Waals surface area (Å²) in [6.45, 7) is 5.14. The average Bonchev–Trinajstić information content (AvgIpc) is 3.20. The number of hydrogen-bond donors (Lipinski definition) is 1. The molecule has 0 saturated heterocycles. The van der Waals surface area contributed by atoms with Crippen molar-refractivity contribution in [2.75, 3.05) is 12.9 Å². The number of hydrogen-bond acceptors (Lipinski definition) is 6. The molecule has 2 aromatic carbocycles. The van der Waals surface area contributed by atoms with Crippen LogP contribution in [-0.4, -0.2) is 33.5 Å². The van der Waals surface area contributed by atoms with Gasteiger partial charge in [-0.2, -0.15) is 0 Å². The molecule has 0 radical (unpaired) electrons. The lowest BCUT2D eigenvalue weighted by molar-refractivity contribution is -0.118. The van der Waals surface area contributed by atoms with Crippen molar-refractivity contribution in [2.24, 2.45) is 0 Å². The zero-order valence-electron chi connectivity index (χ0n) is 17.4. The number of thioether (sulfide) groups is 1. The molecule has 1 amide bonds. The van der Waals surface area contributed by atoms with Crippen LogP contribution in [0.15, 0.2) is 59.8 Å². The van der Waals surface area contributed by atoms with Crippen molar-refractivity contribution in [1.29, 1.82) is 0 Å². The van der Waals surface area contributed by atoms with Gasteiger partial charge in [-0.1, -0.05) is 48.2 Å². The Hall–Kier alpha value is -3.00. The quantitative estimate of drug-likeness (QED) is 0.496. The Morgan fingerprint density at radius 2 is 1.90 bits per heavy atom. The zero-order valence-corrected chi connectivity index (χ0v) is 18.2. The molecule has 1 unspecified atom stereocenters. The first-order valence-corrected chi connectivity index (χ1v) is 10.8. The second-order valence-electron chi connectivity index (χ2n) is 6.58. The lowest BCUT2D eigenvalue weighted by atomic mass is 10.2. The number of nitrogens with zero attached hydrogens (tertiary/aromatic N) is 3. The Morgan fingerprint density at radius 3 is 2.63 bits per heavy atom. The SMILES string of the molecule is CCn1c(SCC(=O)NCc2ccccc2)nnc1C(C)Oc1cccc(OC)c1. The number of rotatable bonds is 10. The third kappa shape index (κ3) is 5.76. The summed E-state index contributed by atoms with van der Waals surface area (Å²) in [4.78, 5) is 12.2. The Morgan fingerprint density at radius 1 is 1.13 bits per heavy atom. The predicted octanol–water partition coefficient (Wildman–Crippen LogP) is 3.86. The number of ether oxygens (including phenoxy) is 2. The summed E-state index contributed by atoms with van der Waals surface area (Å²) in [7, 11) is 1.62. The van der Waals surface area contributed by atoms with E-state index < -0.39 is 0 Å². The van der Waals surface area contributed by atoms with Gasteiger partial charge in [0.1, 0.15) is 11.5 Å². The first kappa shape index (κ1) is 21.7. The first-order chi connectivity index (χ1) is 14.6. The maximum Gasteiger partial charge on any atom is 0.230 e. The fraction of sp³-hybridized carbons (Fsp3) is 0.318. The van der Waals surface area contributed by atoms with E-state index in [0.717, 1.165) is 11.3 Å². The van der Waals surface area contributed by atoms with E-state index in [2.05, 4.69) is 15.5 Å². The van der Waals surface area contributed by atoms with Crippen molar-refractivity contribution in [3.8, 4) is 11.5 Å². The highest BCUT2D eigenvalue weighted by molar-refractivity contribution is 7.99. The van der Waals surface area contributed by atoms with Crippen LogP contribution in [-0.2, 0) is 17.9 Å². The van der Waals surface area contributed by atoms with Gasteiger partial charge in [0.05, 0.1) is 12.9 Å². The van der Waals surface area contributed by atoms with E-state index in [9.17, 15) is 4.79 Å². The summed E-state index contributed by atoms with van der Waals surface area (Å²) in [5.74, 6) is 2.37. The van der Waals surface area contributed by atoms with Crippen molar-refractivity contribution in [3.05, 3.63) is 66.0 Å². The van der Waals surface area contributed by atoms with Crippen molar-refractivity contribution in [3.63, 3.8) is 0 Å². The lowest BCUT2D eigenvalue weighted by Crippen LogP contribution is -2.24. The highest BCUT2D eigenvalue weighted by Gasteiger charge is 2.19. The molecule has 0 bridgehead atoms. The van der Waals surface area contributed by atoms with Crippen LogP contribution in [0, 0.1) is 0 Å². The number of methoxy groups -OCH3 is 1. The standard InChI is InChI=1S/C22H26N4O3S/c1-4-26-21(16(2)29-19-12-8-11-18(13-19)28-3)24-25-22(26)30-15-20(27)23-14-17-9-6-5-7-10-17/h5-13,16H,4,14-15H2,1-3H3,(H,23,27). The van der Waals surface area contributed by atoms with Gasteiger partial charge in [0.15, 0.2) is 17.1 Å². The van der Waals surface area contributed by atoms with Gasteiger partial charge in [0.25, 0.3) is 0 Å². The third-order valence-electron chi connectivity index (χ3n) is 4.44. The van der Waals surface area contributed by atoms with Crippen LogP contribution in [0.5, 0.6) is 11.5 Å². The van der Waals surface area contributed by atoms with E-state index >= 15 is 0 Å². The molecule has 0 aliphatic rings. The molecule has 0 spiro atoms. The molecular weight excluding hydrogens is 400 g/mol. The number of benzene rings is 2. The molecule has 7 nitrogen and oxygen atoms in total. The monoisotopic (exact) mass is 426 g/mol. The highest BCUT2D eigenvalue weighted by Crippen LogP contribution is 2.26. The molecule has 0 saturated carbocycles. The van der Waals surface area contributed by atoms with Crippen molar-refractivity contribution >= 4 is 17.7 Å². The number of aromatic nitrogens is 3.